The third-order valence-corrected chi connectivity index (χ3v) is 13.2. The lowest BCUT2D eigenvalue weighted by Crippen LogP contribution is -2.07. The van der Waals surface area contributed by atoms with Crippen molar-refractivity contribution in [1.82, 2.24) is 19.9 Å². The standard InChI is InChI=1S/C54H36N6S2/c1-5-13-41(14-6-1)59(42-15-7-2-8-16-42)47-31-29-45(61-47)37-21-25-39(26-22-37)49-51-53(57-35-33-55-51)50(54-52(49)56-34-36-58-54)40-27-23-38(24-28-40)46-30-32-48(62-46)60(43-17-9-3-10-18-43)44-19-11-4-12-20-44/h1-36H. The zero-order valence-corrected chi connectivity index (χ0v) is 34.9. The lowest BCUT2D eigenvalue weighted by molar-refractivity contribution is 1.27. The maximum Gasteiger partial charge on any atom is 0.101 e. The summed E-state index contributed by atoms with van der Waals surface area (Å²) in [6.07, 6.45) is 7.04. The number of hydrogen-bond donors (Lipinski definition) is 0. The van der Waals surface area contributed by atoms with Crippen molar-refractivity contribution in [2.75, 3.05) is 9.80 Å². The van der Waals surface area contributed by atoms with Gasteiger partial charge < -0.3 is 9.80 Å². The second-order valence-corrected chi connectivity index (χ2v) is 16.8. The van der Waals surface area contributed by atoms with Crippen LogP contribution in [-0.4, -0.2) is 19.9 Å². The molecular weight excluding hydrogens is 797 g/mol. The van der Waals surface area contributed by atoms with E-state index in [9.17, 15) is 0 Å². The summed E-state index contributed by atoms with van der Waals surface area (Å²) in [5, 5.41) is 2.29. The first-order valence-electron chi connectivity index (χ1n) is 20.4. The largest absolute Gasteiger partial charge is 0.302 e. The summed E-state index contributed by atoms with van der Waals surface area (Å²) in [5.41, 5.74) is 13.8. The molecule has 62 heavy (non-hydrogen) atoms. The molecule has 4 heterocycles. The average Bonchev–Trinajstić information content (AvgIpc) is 4.04. The topological polar surface area (TPSA) is 58.0 Å². The van der Waals surface area contributed by atoms with Gasteiger partial charge in [0, 0.05) is 68.4 Å². The fraction of sp³-hybridized carbons (Fsp3) is 0. The highest BCUT2D eigenvalue weighted by Gasteiger charge is 2.22. The summed E-state index contributed by atoms with van der Waals surface area (Å²) in [4.78, 5) is 26.8. The predicted molar refractivity (Wildman–Crippen MR) is 259 cm³/mol. The van der Waals surface area contributed by atoms with Crippen LogP contribution in [0.25, 0.3) is 65.2 Å². The Labute approximate surface area is 367 Å². The predicted octanol–water partition coefficient (Wildman–Crippen LogP) is 15.3. The highest BCUT2D eigenvalue weighted by Crippen LogP contribution is 2.45. The van der Waals surface area contributed by atoms with Gasteiger partial charge in [0.1, 0.15) is 10.0 Å². The van der Waals surface area contributed by atoms with Crippen molar-refractivity contribution in [1.29, 1.82) is 0 Å². The first kappa shape index (κ1) is 37.2. The second kappa shape index (κ2) is 16.3. The summed E-state index contributed by atoms with van der Waals surface area (Å²) in [7, 11) is 0. The normalized spacial score (nSPS) is 11.2. The smallest absolute Gasteiger partial charge is 0.101 e. The minimum atomic E-state index is 0.789. The first-order chi connectivity index (χ1) is 30.8. The number of benzene rings is 7. The van der Waals surface area contributed by atoms with Gasteiger partial charge in [-0.05, 0) is 95.1 Å². The number of fused-ring (bicyclic) bond motifs is 2. The molecule has 7 aromatic carbocycles. The van der Waals surface area contributed by atoms with Crippen LogP contribution in [0.3, 0.4) is 0 Å². The molecule has 0 bridgehead atoms. The molecule has 0 saturated heterocycles. The molecule has 0 N–H and O–H groups in total. The van der Waals surface area contributed by atoms with E-state index in [0.717, 1.165) is 88.2 Å². The lowest BCUT2D eigenvalue weighted by atomic mass is 9.93. The van der Waals surface area contributed by atoms with Crippen LogP contribution in [0.15, 0.2) is 219 Å². The first-order valence-corrected chi connectivity index (χ1v) is 22.0. The van der Waals surface area contributed by atoms with Crippen LogP contribution in [0, 0.1) is 0 Å². The van der Waals surface area contributed by atoms with Crippen LogP contribution in [0.5, 0.6) is 0 Å². The van der Waals surface area contributed by atoms with Crippen molar-refractivity contribution >= 4 is 77.5 Å². The number of hydrogen-bond acceptors (Lipinski definition) is 8. The highest BCUT2D eigenvalue weighted by atomic mass is 32.1. The Hall–Kier alpha value is -7.78. The van der Waals surface area contributed by atoms with Gasteiger partial charge in [-0.25, -0.2) is 0 Å². The minimum absolute atomic E-state index is 0.789. The van der Waals surface area contributed by atoms with Gasteiger partial charge in [0.05, 0.1) is 22.1 Å². The molecule has 0 aliphatic rings. The Morgan fingerprint density at radius 3 is 0.839 bits per heavy atom. The van der Waals surface area contributed by atoms with E-state index in [1.165, 1.54) is 9.75 Å². The number of thiophene rings is 2. The quantitative estimate of drug-likeness (QED) is 0.128. The third kappa shape index (κ3) is 6.97. The van der Waals surface area contributed by atoms with Crippen molar-refractivity contribution in [2.45, 2.75) is 0 Å². The molecule has 294 valence electrons. The van der Waals surface area contributed by atoms with Gasteiger partial charge in [-0.3, -0.25) is 19.9 Å². The van der Waals surface area contributed by atoms with E-state index >= 15 is 0 Å². The van der Waals surface area contributed by atoms with Crippen molar-refractivity contribution in [3.63, 3.8) is 0 Å². The third-order valence-electron chi connectivity index (χ3n) is 10.9. The van der Waals surface area contributed by atoms with Crippen LogP contribution in [-0.2, 0) is 0 Å². The monoisotopic (exact) mass is 832 g/mol. The zero-order valence-electron chi connectivity index (χ0n) is 33.3. The molecule has 0 unspecified atom stereocenters. The Bertz CT molecular complexity index is 2920. The van der Waals surface area contributed by atoms with Gasteiger partial charge in [-0.2, -0.15) is 0 Å². The fourth-order valence-electron chi connectivity index (χ4n) is 8.10. The summed E-state index contributed by atoms with van der Waals surface area (Å²) in [6, 6.07) is 68.3. The second-order valence-electron chi connectivity index (χ2n) is 14.7. The highest BCUT2D eigenvalue weighted by molar-refractivity contribution is 7.19. The molecule has 0 amide bonds. The van der Waals surface area contributed by atoms with Crippen LogP contribution in [0.1, 0.15) is 0 Å². The Balaban J connectivity index is 0.932. The van der Waals surface area contributed by atoms with Gasteiger partial charge in [0.2, 0.25) is 0 Å². The SMILES string of the molecule is c1ccc(N(c2ccccc2)c2ccc(-c3ccc(-c4c5nccnc5c(-c5ccc(-c6ccc(N(c7ccccc7)c7ccccc7)s6)cc5)c5nccnc45)cc3)s2)cc1. The molecule has 0 atom stereocenters. The maximum atomic E-state index is 4.95. The Morgan fingerprint density at radius 1 is 0.274 bits per heavy atom. The van der Waals surface area contributed by atoms with Crippen LogP contribution in [0.2, 0.25) is 0 Å². The lowest BCUT2D eigenvalue weighted by Gasteiger charge is -2.23. The molecule has 0 spiro atoms. The maximum absolute atomic E-state index is 4.95. The van der Waals surface area contributed by atoms with E-state index in [4.69, 9.17) is 19.9 Å². The van der Waals surface area contributed by atoms with Gasteiger partial charge in [-0.15, -0.1) is 22.7 Å². The van der Waals surface area contributed by atoms with E-state index < -0.39 is 0 Å². The average molecular weight is 833 g/mol. The molecule has 11 aromatic rings. The van der Waals surface area contributed by atoms with Gasteiger partial charge in [0.15, 0.2) is 0 Å². The van der Waals surface area contributed by atoms with E-state index in [1.54, 1.807) is 47.5 Å². The minimum Gasteiger partial charge on any atom is -0.302 e. The van der Waals surface area contributed by atoms with Crippen LogP contribution < -0.4 is 9.80 Å². The van der Waals surface area contributed by atoms with Gasteiger partial charge in [-0.1, -0.05) is 121 Å². The van der Waals surface area contributed by atoms with E-state index in [-0.39, 0.29) is 0 Å². The Kier molecular flexibility index (Phi) is 9.82. The van der Waals surface area contributed by atoms with E-state index in [1.807, 2.05) is 0 Å². The van der Waals surface area contributed by atoms with Crippen molar-refractivity contribution in [3.8, 4) is 43.1 Å². The zero-order chi connectivity index (χ0) is 41.2. The molecule has 0 aliphatic carbocycles. The molecule has 8 heteroatoms. The van der Waals surface area contributed by atoms with Crippen molar-refractivity contribution < 1.29 is 0 Å². The molecule has 11 rings (SSSR count). The molecule has 0 radical (unpaired) electrons. The molecule has 0 fully saturated rings. The van der Waals surface area contributed by atoms with E-state index in [0.29, 0.717) is 0 Å². The number of anilines is 6. The summed E-state index contributed by atoms with van der Waals surface area (Å²) >= 11 is 3.54. The number of para-hydroxylation sites is 4. The van der Waals surface area contributed by atoms with Gasteiger partial charge in [0.25, 0.3) is 0 Å². The molecular formula is C54H36N6S2. The Morgan fingerprint density at radius 2 is 0.548 bits per heavy atom. The summed E-state index contributed by atoms with van der Waals surface area (Å²) in [5.74, 6) is 0. The van der Waals surface area contributed by atoms with Crippen LogP contribution >= 0.6 is 22.7 Å². The number of nitrogens with zero attached hydrogens (tertiary/aromatic N) is 6. The van der Waals surface area contributed by atoms with Crippen molar-refractivity contribution in [3.05, 3.63) is 219 Å². The van der Waals surface area contributed by atoms with Crippen LogP contribution in [0.4, 0.5) is 32.8 Å². The fourth-order valence-corrected chi connectivity index (χ4v) is 10.2. The molecule has 0 saturated carbocycles. The number of aromatic nitrogens is 4. The van der Waals surface area contributed by atoms with Crippen molar-refractivity contribution in [2.24, 2.45) is 0 Å². The van der Waals surface area contributed by atoms with Gasteiger partial charge >= 0.3 is 0 Å². The molecule has 0 aliphatic heterocycles. The summed E-state index contributed by atoms with van der Waals surface area (Å²) in [6.45, 7) is 0. The molecule has 4 aromatic heterocycles. The number of rotatable bonds is 10. The summed E-state index contributed by atoms with van der Waals surface area (Å²) < 4.78 is 0. The molecule has 6 nitrogen and oxygen atoms in total. The van der Waals surface area contributed by atoms with E-state index in [2.05, 4.69) is 204 Å².